The molecule has 0 bridgehead atoms. The van der Waals surface area contributed by atoms with Crippen LogP contribution in [0.2, 0.25) is 0 Å². The molecule has 2 unspecified atom stereocenters. The van der Waals surface area contributed by atoms with Crippen molar-refractivity contribution in [2.75, 3.05) is 32.9 Å². The fraction of sp³-hybridized carbons (Fsp3) is 0.476. The number of nitrogens with two attached hydrogens (primary N) is 1. The highest BCUT2D eigenvalue weighted by atomic mass is 16.2. The number of benzene rings is 1. The summed E-state index contributed by atoms with van der Waals surface area (Å²) in [5.41, 5.74) is 9.26. The molecule has 150 valence electrons. The Hall–Kier alpha value is -2.67. The van der Waals surface area contributed by atoms with Gasteiger partial charge >= 0.3 is 0 Å². The highest BCUT2D eigenvalue weighted by molar-refractivity contribution is 5.95. The van der Waals surface area contributed by atoms with Crippen LogP contribution < -0.4 is 16.5 Å². The molecular weight excluding hydrogens is 352 g/mol. The van der Waals surface area contributed by atoms with Crippen molar-refractivity contribution in [1.82, 2.24) is 19.8 Å². The van der Waals surface area contributed by atoms with E-state index in [1.807, 2.05) is 35.9 Å². The van der Waals surface area contributed by atoms with Crippen LogP contribution in [-0.2, 0) is 7.05 Å². The second kappa shape index (κ2) is 8.56. The van der Waals surface area contributed by atoms with E-state index in [1.54, 1.807) is 25.2 Å². The van der Waals surface area contributed by atoms with Crippen molar-refractivity contribution >= 4 is 11.7 Å². The number of nitrogens with one attached hydrogen (secondary N) is 1. The van der Waals surface area contributed by atoms with Gasteiger partial charge in [0.1, 0.15) is 0 Å². The van der Waals surface area contributed by atoms with Crippen LogP contribution in [0.15, 0.2) is 35.5 Å². The topological polar surface area (TPSA) is 88.5 Å². The minimum absolute atomic E-state index is 0.0313. The van der Waals surface area contributed by atoms with E-state index in [4.69, 9.17) is 10.7 Å². The van der Waals surface area contributed by atoms with Gasteiger partial charge in [-0.15, -0.1) is 0 Å². The Morgan fingerprint density at radius 2 is 2.21 bits per heavy atom. The first-order valence-electron chi connectivity index (χ1n) is 9.76. The van der Waals surface area contributed by atoms with E-state index < -0.39 is 0 Å². The van der Waals surface area contributed by atoms with Crippen LogP contribution in [0.3, 0.4) is 0 Å². The average molecular weight is 383 g/mol. The summed E-state index contributed by atoms with van der Waals surface area (Å²) < 4.78 is 1.97. The lowest BCUT2D eigenvalue weighted by Gasteiger charge is -2.26. The molecule has 2 atom stereocenters. The summed E-state index contributed by atoms with van der Waals surface area (Å²) >= 11 is 0. The molecule has 2 aromatic rings. The standard InChI is InChI=1S/C21H30N6O/c1-14(17-9-6-10-23-12-17)25-20-19(22)24-13-18(27(20)4)15-7-5-8-16(11-15)21(28)26(2)3/h5,7-8,11,13-14,17,23H,6,9-10,12H2,1-4H3,(H2,22,24). The lowest BCUT2D eigenvalue weighted by atomic mass is 9.93. The lowest BCUT2D eigenvalue weighted by molar-refractivity contribution is 0.0827. The van der Waals surface area contributed by atoms with Crippen LogP contribution in [0.4, 0.5) is 5.82 Å². The Balaban J connectivity index is 2.01. The van der Waals surface area contributed by atoms with Gasteiger partial charge < -0.3 is 20.5 Å². The summed E-state index contributed by atoms with van der Waals surface area (Å²) in [6.07, 6.45) is 4.08. The third-order valence-electron chi connectivity index (χ3n) is 5.39. The number of amides is 1. The molecule has 28 heavy (non-hydrogen) atoms. The molecule has 1 aliphatic heterocycles. The van der Waals surface area contributed by atoms with Crippen molar-refractivity contribution in [3.8, 4) is 11.3 Å². The predicted molar refractivity (Wildman–Crippen MR) is 112 cm³/mol. The fourth-order valence-corrected chi connectivity index (χ4v) is 3.64. The van der Waals surface area contributed by atoms with E-state index in [-0.39, 0.29) is 11.9 Å². The van der Waals surface area contributed by atoms with Crippen LogP contribution in [0, 0.1) is 5.92 Å². The third-order valence-corrected chi connectivity index (χ3v) is 5.39. The maximum absolute atomic E-state index is 12.3. The van der Waals surface area contributed by atoms with Crippen molar-refractivity contribution in [2.24, 2.45) is 18.0 Å². The van der Waals surface area contributed by atoms with Crippen molar-refractivity contribution in [3.63, 3.8) is 0 Å². The van der Waals surface area contributed by atoms with Crippen LogP contribution in [0.5, 0.6) is 0 Å². The molecule has 3 rings (SSSR count). The number of hydrogen-bond acceptors (Lipinski definition) is 5. The van der Waals surface area contributed by atoms with Crippen LogP contribution in [0.1, 0.15) is 30.1 Å². The number of piperidine rings is 1. The van der Waals surface area contributed by atoms with E-state index >= 15 is 0 Å². The van der Waals surface area contributed by atoms with E-state index in [2.05, 4.69) is 17.2 Å². The van der Waals surface area contributed by atoms with Gasteiger partial charge in [0.15, 0.2) is 11.3 Å². The third kappa shape index (κ3) is 4.25. The minimum atomic E-state index is -0.0313. The Labute approximate surface area is 166 Å². The number of hydrogen-bond donors (Lipinski definition) is 2. The Morgan fingerprint density at radius 1 is 1.43 bits per heavy atom. The molecule has 1 amide bonds. The molecular formula is C21H30N6O. The number of rotatable bonds is 4. The van der Waals surface area contributed by atoms with Gasteiger partial charge in [0.25, 0.3) is 5.91 Å². The molecule has 2 heterocycles. The predicted octanol–water partition coefficient (Wildman–Crippen LogP) is 1.66. The van der Waals surface area contributed by atoms with E-state index in [9.17, 15) is 4.79 Å². The van der Waals surface area contributed by atoms with Gasteiger partial charge in [0.2, 0.25) is 0 Å². The van der Waals surface area contributed by atoms with Crippen LogP contribution in [0.25, 0.3) is 11.3 Å². The molecule has 0 spiro atoms. The monoisotopic (exact) mass is 382 g/mol. The van der Waals surface area contributed by atoms with Gasteiger partial charge in [-0.3, -0.25) is 9.79 Å². The molecule has 0 aliphatic carbocycles. The van der Waals surface area contributed by atoms with Gasteiger partial charge in [0, 0.05) is 32.3 Å². The van der Waals surface area contributed by atoms with Gasteiger partial charge in [-0.1, -0.05) is 12.1 Å². The highest BCUT2D eigenvalue weighted by Gasteiger charge is 2.20. The smallest absolute Gasteiger partial charge is 0.253 e. The number of nitrogens with zero attached hydrogens (tertiary/aromatic N) is 4. The number of carbonyl (C=O) groups excluding carboxylic acids is 1. The number of anilines is 1. The molecule has 1 aliphatic rings. The first-order valence-corrected chi connectivity index (χ1v) is 9.76. The van der Waals surface area contributed by atoms with E-state index in [0.717, 1.165) is 24.3 Å². The normalized spacial score (nSPS) is 18.7. The van der Waals surface area contributed by atoms with Crippen molar-refractivity contribution < 1.29 is 4.79 Å². The number of carbonyl (C=O) groups is 1. The maximum atomic E-state index is 12.3. The van der Waals surface area contributed by atoms with Crippen molar-refractivity contribution in [3.05, 3.63) is 41.5 Å². The first-order chi connectivity index (χ1) is 13.4. The van der Waals surface area contributed by atoms with Crippen LogP contribution in [-0.4, -0.2) is 53.6 Å². The van der Waals surface area contributed by atoms with Crippen molar-refractivity contribution in [2.45, 2.75) is 25.8 Å². The summed E-state index contributed by atoms with van der Waals surface area (Å²) in [4.78, 5) is 23.2. The zero-order chi connectivity index (χ0) is 20.3. The minimum Gasteiger partial charge on any atom is -0.381 e. The maximum Gasteiger partial charge on any atom is 0.253 e. The average Bonchev–Trinajstić information content (AvgIpc) is 2.71. The van der Waals surface area contributed by atoms with E-state index in [1.165, 1.54) is 12.8 Å². The Kier molecular flexibility index (Phi) is 6.14. The molecule has 0 saturated carbocycles. The molecule has 3 N–H and O–H groups in total. The largest absolute Gasteiger partial charge is 0.381 e. The molecule has 1 aromatic heterocycles. The fourth-order valence-electron chi connectivity index (χ4n) is 3.64. The SMILES string of the molecule is CC(N=c1c(N)ncc(-c2cccc(C(=O)N(C)C)c2)n1C)C1CCCNC1. The zero-order valence-corrected chi connectivity index (χ0v) is 17.1. The Morgan fingerprint density at radius 3 is 2.89 bits per heavy atom. The van der Waals surface area contributed by atoms with Crippen molar-refractivity contribution in [1.29, 1.82) is 0 Å². The molecule has 7 heteroatoms. The zero-order valence-electron chi connectivity index (χ0n) is 17.1. The first kappa shape index (κ1) is 20.1. The van der Waals surface area contributed by atoms with Gasteiger partial charge in [-0.05, 0) is 50.9 Å². The van der Waals surface area contributed by atoms with E-state index in [0.29, 0.717) is 22.8 Å². The number of nitrogen functional groups attached to an aromatic ring is 1. The summed E-state index contributed by atoms with van der Waals surface area (Å²) in [5, 5.41) is 3.44. The second-order valence-corrected chi connectivity index (χ2v) is 7.67. The highest BCUT2D eigenvalue weighted by Crippen LogP contribution is 2.20. The summed E-state index contributed by atoms with van der Waals surface area (Å²) in [6, 6.07) is 7.71. The van der Waals surface area contributed by atoms with Crippen LogP contribution >= 0.6 is 0 Å². The summed E-state index contributed by atoms with van der Waals surface area (Å²) in [7, 11) is 5.44. The molecule has 1 fully saturated rings. The Bertz CT molecular complexity index is 911. The molecule has 0 radical (unpaired) electrons. The summed E-state index contributed by atoms with van der Waals surface area (Å²) in [5.74, 6) is 0.886. The molecule has 7 nitrogen and oxygen atoms in total. The van der Waals surface area contributed by atoms with Gasteiger partial charge in [-0.2, -0.15) is 0 Å². The van der Waals surface area contributed by atoms with Gasteiger partial charge in [0.05, 0.1) is 17.9 Å². The second-order valence-electron chi connectivity index (χ2n) is 7.67. The quantitative estimate of drug-likeness (QED) is 0.842. The summed E-state index contributed by atoms with van der Waals surface area (Å²) in [6.45, 7) is 4.20. The molecule has 1 saturated heterocycles. The number of aromatic nitrogens is 2. The molecule has 1 aromatic carbocycles. The van der Waals surface area contributed by atoms with Gasteiger partial charge in [-0.25, -0.2) is 4.98 Å². The lowest BCUT2D eigenvalue weighted by Crippen LogP contribution is -2.36.